The third kappa shape index (κ3) is 4.50. The molecule has 0 saturated heterocycles. The number of fused-ring (bicyclic) bond motifs is 1. The lowest BCUT2D eigenvalue weighted by atomic mass is 9.89. The molecule has 0 spiro atoms. The fourth-order valence-electron chi connectivity index (χ4n) is 4.53. The smallest absolute Gasteiger partial charge is 0.318 e. The minimum Gasteiger partial charge on any atom is -0.341 e. The highest BCUT2D eigenvalue weighted by Crippen LogP contribution is 2.42. The van der Waals surface area contributed by atoms with Gasteiger partial charge in [0.15, 0.2) is 0 Å². The van der Waals surface area contributed by atoms with E-state index >= 15 is 0 Å². The van der Waals surface area contributed by atoms with E-state index in [2.05, 4.69) is 10.6 Å². The Morgan fingerprint density at radius 3 is 2.21 bits per heavy atom. The largest absolute Gasteiger partial charge is 0.341 e. The van der Waals surface area contributed by atoms with Crippen LogP contribution in [0.5, 0.6) is 0 Å². The molecule has 4 rings (SSSR count). The van der Waals surface area contributed by atoms with Gasteiger partial charge < -0.3 is 20.4 Å². The first-order valence-electron chi connectivity index (χ1n) is 11.3. The van der Waals surface area contributed by atoms with Gasteiger partial charge in [-0.05, 0) is 61.4 Å². The van der Waals surface area contributed by atoms with E-state index in [9.17, 15) is 14.4 Å². The maximum atomic E-state index is 13.6. The van der Waals surface area contributed by atoms with Crippen molar-refractivity contribution in [2.24, 2.45) is 0 Å². The fourth-order valence-corrected chi connectivity index (χ4v) is 4.53. The molecule has 1 heterocycles. The Hall–Kier alpha value is -4.13. The van der Waals surface area contributed by atoms with Gasteiger partial charge in [0.2, 0.25) is 5.91 Å². The summed E-state index contributed by atoms with van der Waals surface area (Å²) in [5.41, 5.74) is 3.69. The van der Waals surface area contributed by atoms with Crippen LogP contribution < -0.4 is 20.4 Å². The number of hydrogen-bond donors (Lipinski definition) is 2. The molecule has 7 heteroatoms. The molecule has 0 bridgehead atoms. The molecule has 3 aromatic rings. The minimum atomic E-state index is -0.322. The average molecular weight is 457 g/mol. The fraction of sp³-hybridized carbons (Fsp3) is 0.222. The summed E-state index contributed by atoms with van der Waals surface area (Å²) in [5.74, 6) is -0.170. The van der Waals surface area contributed by atoms with E-state index in [1.807, 2.05) is 66.4 Å². The SMILES string of the molecule is CNC(=O)Nc1ccc(C(=O)N2c3ccccc3[C@@H](N(C(C)=O)c3ccccc3)C[C@H]2C)cc1. The highest BCUT2D eigenvalue weighted by molar-refractivity contribution is 6.08. The number of para-hydroxylation sites is 2. The van der Waals surface area contributed by atoms with E-state index in [0.29, 0.717) is 17.7 Å². The van der Waals surface area contributed by atoms with Gasteiger partial charge in [-0.1, -0.05) is 36.4 Å². The number of anilines is 3. The molecule has 2 atom stereocenters. The van der Waals surface area contributed by atoms with Crippen LogP contribution >= 0.6 is 0 Å². The Kier molecular flexibility index (Phi) is 6.63. The Labute approximate surface area is 199 Å². The molecule has 0 aliphatic carbocycles. The molecular formula is C27H28N4O3. The first kappa shape index (κ1) is 23.0. The van der Waals surface area contributed by atoms with E-state index in [0.717, 1.165) is 16.9 Å². The number of amides is 4. The van der Waals surface area contributed by atoms with Crippen molar-refractivity contribution in [1.29, 1.82) is 0 Å². The van der Waals surface area contributed by atoms with E-state index in [-0.39, 0.29) is 29.9 Å². The number of benzene rings is 3. The van der Waals surface area contributed by atoms with Crippen LogP contribution in [0.1, 0.15) is 42.2 Å². The third-order valence-electron chi connectivity index (χ3n) is 6.08. The van der Waals surface area contributed by atoms with Crippen molar-refractivity contribution in [2.75, 3.05) is 22.2 Å². The van der Waals surface area contributed by atoms with Crippen LogP contribution in [0, 0.1) is 0 Å². The summed E-state index contributed by atoms with van der Waals surface area (Å²) in [5, 5.41) is 5.19. The van der Waals surface area contributed by atoms with E-state index < -0.39 is 0 Å². The van der Waals surface area contributed by atoms with Crippen LogP contribution in [0.4, 0.5) is 21.9 Å². The zero-order valence-electron chi connectivity index (χ0n) is 19.5. The topological polar surface area (TPSA) is 81.8 Å². The minimum absolute atomic E-state index is 0.0443. The van der Waals surface area contributed by atoms with Crippen molar-refractivity contribution in [1.82, 2.24) is 5.32 Å². The standard InChI is InChI=1S/C27H28N4O3/c1-18-17-25(31(19(2)32)22-9-5-4-6-10-22)23-11-7-8-12-24(23)30(18)26(33)20-13-15-21(16-14-20)29-27(34)28-3/h4-16,18,25H,17H2,1-3H3,(H2,28,29,34)/t18-,25+/m1/s1. The molecule has 4 amide bonds. The first-order valence-corrected chi connectivity index (χ1v) is 11.3. The number of hydrogen-bond acceptors (Lipinski definition) is 3. The first-order chi connectivity index (χ1) is 16.4. The van der Waals surface area contributed by atoms with Crippen molar-refractivity contribution in [3.05, 3.63) is 90.0 Å². The van der Waals surface area contributed by atoms with Gasteiger partial charge in [0.25, 0.3) is 5.91 Å². The van der Waals surface area contributed by atoms with Crippen molar-refractivity contribution in [2.45, 2.75) is 32.4 Å². The van der Waals surface area contributed by atoms with Crippen LogP contribution in [0.15, 0.2) is 78.9 Å². The van der Waals surface area contributed by atoms with Gasteiger partial charge in [0.05, 0.1) is 6.04 Å². The van der Waals surface area contributed by atoms with Crippen molar-refractivity contribution in [3.8, 4) is 0 Å². The molecular weight excluding hydrogens is 428 g/mol. The Morgan fingerprint density at radius 2 is 1.56 bits per heavy atom. The third-order valence-corrected chi connectivity index (χ3v) is 6.08. The van der Waals surface area contributed by atoms with Crippen molar-refractivity contribution in [3.63, 3.8) is 0 Å². The maximum absolute atomic E-state index is 13.6. The quantitative estimate of drug-likeness (QED) is 0.582. The maximum Gasteiger partial charge on any atom is 0.318 e. The zero-order valence-corrected chi connectivity index (χ0v) is 19.5. The van der Waals surface area contributed by atoms with Gasteiger partial charge in [-0.25, -0.2) is 4.79 Å². The summed E-state index contributed by atoms with van der Waals surface area (Å²) >= 11 is 0. The number of urea groups is 1. The number of rotatable bonds is 4. The molecule has 3 aromatic carbocycles. The number of nitrogens with one attached hydrogen (secondary N) is 2. The molecule has 0 aromatic heterocycles. The van der Waals surface area contributed by atoms with Gasteiger partial charge in [-0.2, -0.15) is 0 Å². The van der Waals surface area contributed by atoms with E-state index in [1.165, 1.54) is 0 Å². The Bertz CT molecular complexity index is 1190. The summed E-state index contributed by atoms with van der Waals surface area (Å²) < 4.78 is 0. The molecule has 0 unspecified atom stereocenters. The molecule has 2 N–H and O–H groups in total. The monoisotopic (exact) mass is 456 g/mol. The lowest BCUT2D eigenvalue weighted by molar-refractivity contribution is -0.117. The van der Waals surface area contributed by atoms with Crippen LogP contribution in [-0.4, -0.2) is 30.9 Å². The Morgan fingerprint density at radius 1 is 0.912 bits per heavy atom. The summed E-state index contributed by atoms with van der Waals surface area (Å²) in [6.45, 7) is 3.58. The second-order valence-corrected chi connectivity index (χ2v) is 8.34. The summed E-state index contributed by atoms with van der Waals surface area (Å²) in [7, 11) is 1.54. The Balaban J connectivity index is 1.68. The van der Waals surface area contributed by atoms with Crippen molar-refractivity contribution < 1.29 is 14.4 Å². The molecule has 1 aliphatic heterocycles. The number of carbonyl (C=O) groups is 3. The molecule has 174 valence electrons. The van der Waals surface area contributed by atoms with Gasteiger partial charge in [-0.3, -0.25) is 9.59 Å². The highest BCUT2D eigenvalue weighted by Gasteiger charge is 2.38. The molecule has 0 radical (unpaired) electrons. The summed E-state index contributed by atoms with van der Waals surface area (Å²) in [6.07, 6.45) is 0.605. The number of nitrogens with zero attached hydrogens (tertiary/aromatic N) is 2. The zero-order chi connectivity index (χ0) is 24.2. The molecule has 7 nitrogen and oxygen atoms in total. The van der Waals surface area contributed by atoms with Crippen LogP contribution in [-0.2, 0) is 4.79 Å². The molecule has 0 saturated carbocycles. The second-order valence-electron chi connectivity index (χ2n) is 8.34. The lowest BCUT2D eigenvalue weighted by Gasteiger charge is -2.43. The van der Waals surface area contributed by atoms with Gasteiger partial charge in [0, 0.05) is 42.6 Å². The molecule has 34 heavy (non-hydrogen) atoms. The average Bonchev–Trinajstić information content (AvgIpc) is 2.84. The number of carbonyl (C=O) groups excluding carboxylic acids is 3. The van der Waals surface area contributed by atoms with Crippen LogP contribution in [0.3, 0.4) is 0 Å². The van der Waals surface area contributed by atoms with Gasteiger partial charge >= 0.3 is 6.03 Å². The summed E-state index contributed by atoms with van der Waals surface area (Å²) in [4.78, 5) is 41.5. The lowest BCUT2D eigenvalue weighted by Crippen LogP contribution is -2.47. The normalized spacial score (nSPS) is 16.9. The van der Waals surface area contributed by atoms with Crippen LogP contribution in [0.2, 0.25) is 0 Å². The second kappa shape index (κ2) is 9.79. The van der Waals surface area contributed by atoms with E-state index in [4.69, 9.17) is 0 Å². The highest BCUT2D eigenvalue weighted by atomic mass is 16.2. The van der Waals surface area contributed by atoms with Crippen molar-refractivity contribution >= 4 is 34.9 Å². The van der Waals surface area contributed by atoms with E-state index in [1.54, 1.807) is 43.1 Å². The van der Waals surface area contributed by atoms with Crippen LogP contribution in [0.25, 0.3) is 0 Å². The molecule has 1 aliphatic rings. The van der Waals surface area contributed by atoms with Gasteiger partial charge in [-0.15, -0.1) is 0 Å². The van der Waals surface area contributed by atoms with Gasteiger partial charge in [0.1, 0.15) is 0 Å². The summed E-state index contributed by atoms with van der Waals surface area (Å²) in [6, 6.07) is 23.6. The predicted octanol–water partition coefficient (Wildman–Crippen LogP) is 4.97. The predicted molar refractivity (Wildman–Crippen MR) is 134 cm³/mol. The molecule has 0 fully saturated rings.